The molecule has 0 bridgehead atoms. The Morgan fingerprint density at radius 1 is 1.24 bits per heavy atom. The predicted octanol–water partition coefficient (Wildman–Crippen LogP) is 3.51. The van der Waals surface area contributed by atoms with Crippen molar-refractivity contribution >= 4 is 27.5 Å². The van der Waals surface area contributed by atoms with Gasteiger partial charge < -0.3 is 0 Å². The van der Waals surface area contributed by atoms with Gasteiger partial charge in [0.25, 0.3) is 5.56 Å². The number of benzene rings is 1. The Hall–Kier alpha value is -1.33. The van der Waals surface area contributed by atoms with Crippen LogP contribution in [0.4, 0.5) is 0 Å². The van der Waals surface area contributed by atoms with Crippen LogP contribution in [0.5, 0.6) is 0 Å². The summed E-state index contributed by atoms with van der Waals surface area (Å²) in [6, 6.07) is 3.75. The molecule has 112 valence electrons. The number of nitrogens with one attached hydrogen (secondary N) is 1. The molecule has 4 nitrogen and oxygen atoms in total. The normalized spacial score (nSPS) is 10.9. The molecule has 0 saturated heterocycles. The van der Waals surface area contributed by atoms with Crippen molar-refractivity contribution in [3.63, 3.8) is 0 Å². The zero-order valence-corrected chi connectivity index (χ0v) is 14.4. The molecule has 1 heterocycles. The van der Waals surface area contributed by atoms with Crippen LogP contribution in [-0.4, -0.2) is 9.55 Å². The molecule has 2 rings (SSSR count). The molecule has 0 aliphatic rings. The summed E-state index contributed by atoms with van der Waals surface area (Å²) in [5, 5.41) is 0.135. The molecule has 1 N–H and O–H groups in total. The van der Waals surface area contributed by atoms with E-state index in [2.05, 4.69) is 20.9 Å². The van der Waals surface area contributed by atoms with E-state index in [4.69, 9.17) is 11.6 Å². The van der Waals surface area contributed by atoms with Gasteiger partial charge >= 0.3 is 5.69 Å². The van der Waals surface area contributed by atoms with E-state index in [9.17, 15) is 9.59 Å². The van der Waals surface area contributed by atoms with Crippen molar-refractivity contribution in [1.29, 1.82) is 0 Å². The molecule has 0 saturated carbocycles. The fourth-order valence-electron chi connectivity index (χ4n) is 2.47. The standard InChI is InChI=1S/C15H16BrClN2O2/c1-4-5-11-13(17)18-15(21)19(14(11)20)12-8(2)6-10(16)7-9(12)3/h6-7H,4-5H2,1-3H3,(H,18,21). The Bertz CT molecular complexity index is 785. The van der Waals surface area contributed by atoms with Crippen molar-refractivity contribution in [3.8, 4) is 5.69 Å². The highest BCUT2D eigenvalue weighted by atomic mass is 79.9. The number of rotatable bonds is 3. The van der Waals surface area contributed by atoms with E-state index in [1.165, 1.54) is 4.57 Å². The molecule has 21 heavy (non-hydrogen) atoms. The Morgan fingerprint density at radius 2 is 1.81 bits per heavy atom. The number of aromatic nitrogens is 2. The number of H-pyrrole nitrogens is 1. The third-order valence-electron chi connectivity index (χ3n) is 3.33. The average Bonchev–Trinajstić information content (AvgIpc) is 2.37. The van der Waals surface area contributed by atoms with E-state index in [0.29, 0.717) is 17.7 Å². The Kier molecular flexibility index (Phi) is 4.74. The highest BCUT2D eigenvalue weighted by Crippen LogP contribution is 2.22. The van der Waals surface area contributed by atoms with Gasteiger partial charge in [0.2, 0.25) is 0 Å². The summed E-state index contributed by atoms with van der Waals surface area (Å²) < 4.78 is 2.09. The molecule has 0 atom stereocenters. The lowest BCUT2D eigenvalue weighted by Crippen LogP contribution is -2.37. The van der Waals surface area contributed by atoms with Gasteiger partial charge in [0, 0.05) is 4.47 Å². The second-order valence-electron chi connectivity index (χ2n) is 5.00. The second-order valence-corrected chi connectivity index (χ2v) is 6.30. The first-order valence-corrected chi connectivity index (χ1v) is 7.84. The molecule has 0 aliphatic carbocycles. The van der Waals surface area contributed by atoms with Crippen LogP contribution >= 0.6 is 27.5 Å². The average molecular weight is 372 g/mol. The van der Waals surface area contributed by atoms with Crippen LogP contribution in [0.25, 0.3) is 5.69 Å². The number of aromatic amines is 1. The molecule has 0 aliphatic heterocycles. The van der Waals surface area contributed by atoms with Gasteiger partial charge in [0.1, 0.15) is 5.15 Å². The summed E-state index contributed by atoms with van der Waals surface area (Å²) in [6.45, 7) is 5.70. The van der Waals surface area contributed by atoms with Crippen molar-refractivity contribution in [3.05, 3.63) is 59.3 Å². The lowest BCUT2D eigenvalue weighted by molar-refractivity contribution is 0.805. The third-order valence-corrected chi connectivity index (χ3v) is 4.11. The van der Waals surface area contributed by atoms with Crippen molar-refractivity contribution in [2.75, 3.05) is 0 Å². The number of hydrogen-bond acceptors (Lipinski definition) is 2. The first kappa shape index (κ1) is 16.0. The van der Waals surface area contributed by atoms with Crippen molar-refractivity contribution in [2.24, 2.45) is 0 Å². The van der Waals surface area contributed by atoms with Gasteiger partial charge in [-0.15, -0.1) is 0 Å². The molecular weight excluding hydrogens is 356 g/mol. The zero-order chi connectivity index (χ0) is 15.7. The number of halogens is 2. The lowest BCUT2D eigenvalue weighted by Gasteiger charge is -2.14. The summed E-state index contributed by atoms with van der Waals surface area (Å²) in [4.78, 5) is 27.4. The number of aryl methyl sites for hydroxylation is 2. The van der Waals surface area contributed by atoms with Crippen LogP contribution in [0.3, 0.4) is 0 Å². The summed E-state index contributed by atoms with van der Waals surface area (Å²) in [5.74, 6) is 0. The van der Waals surface area contributed by atoms with E-state index < -0.39 is 5.69 Å². The molecule has 0 fully saturated rings. The molecular formula is C15H16BrClN2O2. The summed E-state index contributed by atoms with van der Waals surface area (Å²) in [7, 11) is 0. The van der Waals surface area contributed by atoms with Crippen molar-refractivity contribution in [2.45, 2.75) is 33.6 Å². The van der Waals surface area contributed by atoms with Crippen molar-refractivity contribution < 1.29 is 0 Å². The summed E-state index contributed by atoms with van der Waals surface area (Å²) >= 11 is 9.41. The molecule has 0 radical (unpaired) electrons. The smallest absolute Gasteiger partial charge is 0.297 e. The van der Waals surface area contributed by atoms with Gasteiger partial charge in [0.05, 0.1) is 11.3 Å². The van der Waals surface area contributed by atoms with E-state index in [0.717, 1.165) is 22.0 Å². The zero-order valence-electron chi connectivity index (χ0n) is 12.1. The quantitative estimate of drug-likeness (QED) is 0.839. The molecule has 6 heteroatoms. The van der Waals surface area contributed by atoms with Gasteiger partial charge in [0.15, 0.2) is 0 Å². The van der Waals surface area contributed by atoms with Gasteiger partial charge in [-0.25, -0.2) is 9.36 Å². The van der Waals surface area contributed by atoms with E-state index >= 15 is 0 Å². The van der Waals surface area contributed by atoms with Crippen LogP contribution in [0, 0.1) is 13.8 Å². The van der Waals surface area contributed by atoms with Crippen LogP contribution in [0.2, 0.25) is 5.15 Å². The Balaban J connectivity index is 2.86. The second kappa shape index (κ2) is 6.20. The minimum Gasteiger partial charge on any atom is -0.297 e. The third kappa shape index (κ3) is 2.99. The first-order valence-electron chi connectivity index (χ1n) is 6.67. The fraction of sp³-hybridized carbons (Fsp3) is 0.333. The van der Waals surface area contributed by atoms with Gasteiger partial charge in [-0.3, -0.25) is 9.78 Å². The molecule has 1 aromatic carbocycles. The van der Waals surface area contributed by atoms with Crippen LogP contribution in [-0.2, 0) is 6.42 Å². The van der Waals surface area contributed by atoms with Gasteiger partial charge in [-0.05, 0) is 43.5 Å². The molecule has 1 aromatic heterocycles. The molecule has 0 amide bonds. The topological polar surface area (TPSA) is 54.9 Å². The maximum absolute atomic E-state index is 12.6. The molecule has 0 spiro atoms. The monoisotopic (exact) mass is 370 g/mol. The predicted molar refractivity (Wildman–Crippen MR) is 88.8 cm³/mol. The van der Waals surface area contributed by atoms with E-state index in [1.807, 2.05) is 32.9 Å². The largest absolute Gasteiger partial charge is 0.334 e. The number of nitrogens with zero attached hydrogens (tertiary/aromatic N) is 1. The minimum atomic E-state index is -0.515. The van der Waals surface area contributed by atoms with Crippen LogP contribution in [0.15, 0.2) is 26.2 Å². The Labute approximate surface area is 135 Å². The minimum absolute atomic E-state index is 0.135. The number of hydrogen-bond donors (Lipinski definition) is 1. The van der Waals surface area contributed by atoms with Crippen LogP contribution < -0.4 is 11.2 Å². The SMILES string of the molecule is CCCc1c(Cl)[nH]c(=O)n(-c2c(C)cc(Br)cc2C)c1=O. The van der Waals surface area contributed by atoms with E-state index in [1.54, 1.807) is 0 Å². The summed E-state index contributed by atoms with van der Waals surface area (Å²) in [5.41, 5.74) is 1.88. The highest BCUT2D eigenvalue weighted by Gasteiger charge is 2.16. The molecule has 2 aromatic rings. The van der Waals surface area contributed by atoms with E-state index in [-0.39, 0.29) is 10.7 Å². The van der Waals surface area contributed by atoms with Crippen LogP contribution in [0.1, 0.15) is 30.0 Å². The summed E-state index contributed by atoms with van der Waals surface area (Å²) in [6.07, 6.45) is 1.31. The molecule has 0 unspecified atom stereocenters. The van der Waals surface area contributed by atoms with Crippen molar-refractivity contribution in [1.82, 2.24) is 9.55 Å². The fourth-order valence-corrected chi connectivity index (χ4v) is 3.41. The Morgan fingerprint density at radius 3 is 2.33 bits per heavy atom. The maximum atomic E-state index is 12.6. The van der Waals surface area contributed by atoms with Gasteiger partial charge in [-0.2, -0.15) is 0 Å². The first-order chi connectivity index (χ1) is 9.86. The highest BCUT2D eigenvalue weighted by molar-refractivity contribution is 9.10. The maximum Gasteiger partial charge on any atom is 0.334 e. The van der Waals surface area contributed by atoms with Gasteiger partial charge in [-0.1, -0.05) is 40.9 Å². The lowest BCUT2D eigenvalue weighted by atomic mass is 10.1.